The van der Waals surface area contributed by atoms with Gasteiger partial charge in [0.15, 0.2) is 19.9 Å². The van der Waals surface area contributed by atoms with Crippen molar-refractivity contribution in [1.82, 2.24) is 15.0 Å². The minimum atomic E-state index is -1.77. The second-order valence-electron chi connectivity index (χ2n) is 6.77. The van der Waals surface area contributed by atoms with E-state index in [1.807, 2.05) is 7.05 Å². The van der Waals surface area contributed by atoms with Crippen LogP contribution in [0.15, 0.2) is 12.4 Å². The molecule has 0 amide bonds. The average molecular weight is 328 g/mol. The van der Waals surface area contributed by atoms with E-state index in [1.54, 1.807) is 24.6 Å². The summed E-state index contributed by atoms with van der Waals surface area (Å²) in [5, 5.41) is 1.88. The van der Waals surface area contributed by atoms with Gasteiger partial charge in [-0.05, 0) is 18.1 Å². The van der Waals surface area contributed by atoms with Crippen LogP contribution in [0, 0.1) is 0 Å². The second kappa shape index (κ2) is 8.01. The molecule has 0 saturated heterocycles. The fourth-order valence-corrected chi connectivity index (χ4v) is 2.26. The van der Waals surface area contributed by atoms with Crippen LogP contribution >= 0.6 is 0 Å². The number of hydrogen-bond acceptors (Lipinski definition) is 6. The lowest BCUT2D eigenvalue weighted by molar-refractivity contribution is -0.113. The molecule has 1 heterocycles. The van der Waals surface area contributed by atoms with Crippen LogP contribution in [0.2, 0.25) is 18.1 Å². The normalized spacial score (nSPS) is 12.7. The van der Waals surface area contributed by atoms with Crippen molar-refractivity contribution in [2.24, 2.45) is 0 Å². The fourth-order valence-electron chi connectivity index (χ4n) is 1.34. The molecule has 7 heteroatoms. The van der Waals surface area contributed by atoms with E-state index in [0.717, 1.165) is 0 Å². The molecule has 22 heavy (non-hydrogen) atoms. The highest BCUT2D eigenvalue weighted by Gasteiger charge is 2.37. The van der Waals surface area contributed by atoms with Crippen LogP contribution in [0.1, 0.15) is 26.6 Å². The summed E-state index contributed by atoms with van der Waals surface area (Å²) in [4.78, 5) is 13.6. The van der Waals surface area contributed by atoms with Gasteiger partial charge in [0.2, 0.25) is 0 Å². The molecule has 0 bridgehead atoms. The van der Waals surface area contributed by atoms with Crippen molar-refractivity contribution in [2.45, 2.75) is 45.5 Å². The number of hydrogen-bond donors (Lipinski definition) is 0. The Morgan fingerprint density at radius 3 is 2.27 bits per heavy atom. The second-order valence-corrected chi connectivity index (χ2v) is 11.6. The summed E-state index contributed by atoms with van der Waals surface area (Å²) in [5.41, 5.74) is 0. The first-order chi connectivity index (χ1) is 10.2. The molecule has 1 rings (SSSR count). The molecular formula is C15H29N3O3Si. The SMILES string of the molecule is CON(C)CCOc1cnc(CO[Si](C)(C)C(C)(C)C)nc1. The lowest BCUT2D eigenvalue weighted by Gasteiger charge is -2.35. The summed E-state index contributed by atoms with van der Waals surface area (Å²) >= 11 is 0. The highest BCUT2D eigenvalue weighted by molar-refractivity contribution is 6.74. The first-order valence-electron chi connectivity index (χ1n) is 7.48. The zero-order chi connectivity index (χ0) is 16.8. The zero-order valence-corrected chi connectivity index (χ0v) is 15.8. The molecule has 0 aliphatic carbocycles. The summed E-state index contributed by atoms with van der Waals surface area (Å²) in [7, 11) is 1.70. The van der Waals surface area contributed by atoms with Crippen molar-refractivity contribution in [2.75, 3.05) is 27.3 Å². The Morgan fingerprint density at radius 2 is 1.77 bits per heavy atom. The maximum atomic E-state index is 6.10. The smallest absolute Gasteiger partial charge is 0.192 e. The van der Waals surface area contributed by atoms with E-state index in [4.69, 9.17) is 14.0 Å². The van der Waals surface area contributed by atoms with Crippen LogP contribution in [0.25, 0.3) is 0 Å². The molecule has 0 unspecified atom stereocenters. The molecule has 0 N–H and O–H groups in total. The molecule has 6 nitrogen and oxygen atoms in total. The van der Waals surface area contributed by atoms with Gasteiger partial charge in [0.25, 0.3) is 0 Å². The van der Waals surface area contributed by atoms with Gasteiger partial charge in [-0.1, -0.05) is 20.8 Å². The minimum Gasteiger partial charge on any atom is -0.489 e. The van der Waals surface area contributed by atoms with Gasteiger partial charge in [0.05, 0.1) is 32.7 Å². The summed E-state index contributed by atoms with van der Waals surface area (Å²) < 4.78 is 11.7. The van der Waals surface area contributed by atoms with Crippen LogP contribution in [0.5, 0.6) is 5.75 Å². The fraction of sp³-hybridized carbons (Fsp3) is 0.733. The molecule has 1 aromatic rings. The summed E-state index contributed by atoms with van der Waals surface area (Å²) in [6.45, 7) is 12.7. The number of likely N-dealkylation sites (N-methyl/N-ethyl adjacent to an activating group) is 1. The molecule has 126 valence electrons. The van der Waals surface area contributed by atoms with Crippen LogP contribution in [-0.4, -0.2) is 50.7 Å². The van der Waals surface area contributed by atoms with Crippen LogP contribution in [0.3, 0.4) is 0 Å². The van der Waals surface area contributed by atoms with Gasteiger partial charge in [-0.3, -0.25) is 0 Å². The van der Waals surface area contributed by atoms with E-state index in [9.17, 15) is 0 Å². The van der Waals surface area contributed by atoms with Gasteiger partial charge >= 0.3 is 0 Å². The molecular weight excluding hydrogens is 298 g/mol. The number of nitrogens with zero attached hydrogens (tertiary/aromatic N) is 3. The third kappa shape index (κ3) is 6.00. The Balaban J connectivity index is 2.45. The van der Waals surface area contributed by atoms with Crippen molar-refractivity contribution >= 4 is 8.32 Å². The molecule has 0 fully saturated rings. The Morgan fingerprint density at radius 1 is 1.18 bits per heavy atom. The average Bonchev–Trinajstić information content (AvgIpc) is 2.45. The number of ether oxygens (including phenoxy) is 1. The Kier molecular flexibility index (Phi) is 6.92. The lowest BCUT2D eigenvalue weighted by Crippen LogP contribution is -2.40. The maximum Gasteiger partial charge on any atom is 0.192 e. The summed E-state index contributed by atoms with van der Waals surface area (Å²) in [6.07, 6.45) is 3.37. The van der Waals surface area contributed by atoms with E-state index in [0.29, 0.717) is 31.3 Å². The first kappa shape index (κ1) is 19.0. The van der Waals surface area contributed by atoms with E-state index < -0.39 is 8.32 Å². The van der Waals surface area contributed by atoms with Crippen molar-refractivity contribution < 1.29 is 14.0 Å². The monoisotopic (exact) mass is 327 g/mol. The van der Waals surface area contributed by atoms with Gasteiger partial charge in [0.1, 0.15) is 6.61 Å². The highest BCUT2D eigenvalue weighted by Crippen LogP contribution is 2.36. The van der Waals surface area contributed by atoms with Crippen LogP contribution in [0.4, 0.5) is 0 Å². The predicted octanol–water partition coefficient (Wildman–Crippen LogP) is 2.87. The zero-order valence-electron chi connectivity index (χ0n) is 14.8. The van der Waals surface area contributed by atoms with E-state index in [-0.39, 0.29) is 5.04 Å². The van der Waals surface area contributed by atoms with Gasteiger partial charge in [-0.25, -0.2) is 9.97 Å². The first-order valence-corrected chi connectivity index (χ1v) is 10.4. The standard InChI is InChI=1S/C15H29N3O3Si/c1-15(2,3)22(6,7)21-12-14-16-10-13(11-17-14)20-9-8-18(4)19-5/h10-11H,8-9,12H2,1-7H3. The minimum absolute atomic E-state index is 0.184. The lowest BCUT2D eigenvalue weighted by atomic mass is 10.2. The van der Waals surface area contributed by atoms with Crippen molar-refractivity contribution in [1.29, 1.82) is 0 Å². The largest absolute Gasteiger partial charge is 0.489 e. The van der Waals surface area contributed by atoms with Gasteiger partial charge < -0.3 is 14.0 Å². The topological polar surface area (TPSA) is 56.7 Å². The summed E-state index contributed by atoms with van der Waals surface area (Å²) in [5.74, 6) is 1.34. The van der Waals surface area contributed by atoms with Crippen molar-refractivity contribution in [3.8, 4) is 5.75 Å². The number of hydroxylamine groups is 2. The van der Waals surface area contributed by atoms with Crippen molar-refractivity contribution in [3.63, 3.8) is 0 Å². The Labute approximate surface area is 134 Å². The molecule has 0 atom stereocenters. The van der Waals surface area contributed by atoms with Gasteiger partial charge in [-0.2, -0.15) is 5.06 Å². The maximum absolute atomic E-state index is 6.10. The van der Waals surface area contributed by atoms with Gasteiger partial charge in [0, 0.05) is 7.05 Å². The third-order valence-corrected chi connectivity index (χ3v) is 8.51. The molecule has 0 aliphatic rings. The molecule has 1 aromatic heterocycles. The van der Waals surface area contributed by atoms with Crippen molar-refractivity contribution in [3.05, 3.63) is 18.2 Å². The quantitative estimate of drug-likeness (QED) is 0.540. The predicted molar refractivity (Wildman–Crippen MR) is 89.2 cm³/mol. The molecule has 0 radical (unpaired) electrons. The van der Waals surface area contributed by atoms with E-state index in [1.165, 1.54) is 0 Å². The highest BCUT2D eigenvalue weighted by atomic mass is 28.4. The van der Waals surface area contributed by atoms with Crippen LogP contribution in [-0.2, 0) is 15.9 Å². The molecule has 0 saturated carbocycles. The van der Waals surface area contributed by atoms with E-state index in [2.05, 4.69) is 43.8 Å². The van der Waals surface area contributed by atoms with Gasteiger partial charge in [-0.15, -0.1) is 0 Å². The van der Waals surface area contributed by atoms with Crippen LogP contribution < -0.4 is 4.74 Å². The van der Waals surface area contributed by atoms with E-state index >= 15 is 0 Å². The number of rotatable bonds is 8. The summed E-state index contributed by atoms with van der Waals surface area (Å²) in [6, 6.07) is 0. The molecule has 0 aliphatic heterocycles. The molecule has 0 spiro atoms. The Bertz CT molecular complexity index is 446. The molecule has 0 aromatic carbocycles. The number of aromatic nitrogens is 2. The third-order valence-electron chi connectivity index (χ3n) is 4.04. The Hall–Kier alpha value is -1.02.